The van der Waals surface area contributed by atoms with Gasteiger partial charge in [-0.25, -0.2) is 4.98 Å². The highest BCUT2D eigenvalue weighted by Gasteiger charge is 2.40. The molecule has 2 aromatic carbocycles. The number of amides is 1. The number of aryl methyl sites for hydroxylation is 1. The smallest absolute Gasteiger partial charge is 0.266 e. The molecule has 0 spiro atoms. The lowest BCUT2D eigenvalue weighted by Gasteiger charge is -2.28. The molecule has 0 saturated heterocycles. The number of nitrogens with one attached hydrogen (secondary N) is 1. The Hall–Kier alpha value is -2.98. The fourth-order valence-electron chi connectivity index (χ4n) is 2.61. The highest BCUT2D eigenvalue weighted by atomic mass is 16.3. The second kappa shape index (κ2) is 6.64. The predicted octanol–water partition coefficient (Wildman–Crippen LogP) is 3.26. The number of hydrogen-bond acceptors (Lipinski definition) is 3. The predicted molar refractivity (Wildman–Crippen MR) is 93.5 cm³/mol. The van der Waals surface area contributed by atoms with Crippen molar-refractivity contribution < 1.29 is 9.90 Å². The van der Waals surface area contributed by atoms with Crippen molar-refractivity contribution in [2.75, 3.05) is 5.32 Å². The molecule has 1 aromatic heterocycles. The van der Waals surface area contributed by atoms with Crippen molar-refractivity contribution in [3.8, 4) is 0 Å². The van der Waals surface area contributed by atoms with E-state index in [0.717, 1.165) is 5.69 Å². The fraction of sp³-hybridized carbons (Fsp3) is 0.100. The molecule has 0 radical (unpaired) electrons. The number of aromatic nitrogens is 1. The minimum atomic E-state index is -1.80. The molecule has 0 unspecified atom stereocenters. The molecule has 0 saturated carbocycles. The molecule has 0 atom stereocenters. The lowest BCUT2D eigenvalue weighted by Crippen LogP contribution is -2.41. The number of hydrogen-bond donors (Lipinski definition) is 2. The van der Waals surface area contributed by atoms with E-state index in [-0.39, 0.29) is 0 Å². The van der Waals surface area contributed by atoms with Crippen LogP contribution in [0.5, 0.6) is 0 Å². The average molecular weight is 318 g/mol. The van der Waals surface area contributed by atoms with Gasteiger partial charge in [0.1, 0.15) is 5.82 Å². The zero-order chi connectivity index (χ0) is 17.0. The third-order valence-corrected chi connectivity index (χ3v) is 3.84. The molecule has 3 rings (SSSR count). The summed E-state index contributed by atoms with van der Waals surface area (Å²) in [6, 6.07) is 23.1. The van der Waals surface area contributed by atoms with E-state index in [9.17, 15) is 9.90 Å². The number of aliphatic hydroxyl groups is 1. The van der Waals surface area contributed by atoms with Gasteiger partial charge in [0, 0.05) is 5.69 Å². The molecule has 0 aliphatic carbocycles. The Morgan fingerprint density at radius 2 is 1.42 bits per heavy atom. The quantitative estimate of drug-likeness (QED) is 0.776. The summed E-state index contributed by atoms with van der Waals surface area (Å²) in [6.07, 6.45) is 0. The van der Waals surface area contributed by atoms with Gasteiger partial charge in [-0.2, -0.15) is 0 Å². The largest absolute Gasteiger partial charge is 0.372 e. The van der Waals surface area contributed by atoms with E-state index in [0.29, 0.717) is 16.9 Å². The first kappa shape index (κ1) is 15.9. The molecule has 0 fully saturated rings. The summed E-state index contributed by atoms with van der Waals surface area (Å²) in [4.78, 5) is 17.2. The van der Waals surface area contributed by atoms with Crippen LogP contribution in [-0.4, -0.2) is 16.0 Å². The Morgan fingerprint density at radius 1 is 0.875 bits per heavy atom. The SMILES string of the molecule is Cc1cccc(NC(=O)C(O)(c2ccccc2)c2ccccc2)n1. The van der Waals surface area contributed by atoms with E-state index in [1.807, 2.05) is 31.2 Å². The van der Waals surface area contributed by atoms with E-state index in [1.165, 1.54) is 0 Å². The molecular weight excluding hydrogens is 300 g/mol. The van der Waals surface area contributed by atoms with E-state index in [1.54, 1.807) is 54.6 Å². The van der Waals surface area contributed by atoms with Gasteiger partial charge in [-0.3, -0.25) is 4.79 Å². The Morgan fingerprint density at radius 3 is 1.92 bits per heavy atom. The first-order valence-electron chi connectivity index (χ1n) is 7.69. The maximum absolute atomic E-state index is 12.9. The molecule has 120 valence electrons. The van der Waals surface area contributed by atoms with Gasteiger partial charge in [-0.1, -0.05) is 66.7 Å². The molecule has 4 heteroatoms. The number of benzene rings is 2. The van der Waals surface area contributed by atoms with Gasteiger partial charge in [0.15, 0.2) is 5.60 Å². The van der Waals surface area contributed by atoms with Crippen molar-refractivity contribution in [1.29, 1.82) is 0 Å². The van der Waals surface area contributed by atoms with Gasteiger partial charge >= 0.3 is 0 Å². The molecule has 0 aliphatic rings. The maximum Gasteiger partial charge on any atom is 0.266 e. The Kier molecular flexibility index (Phi) is 4.40. The highest BCUT2D eigenvalue weighted by Crippen LogP contribution is 2.30. The highest BCUT2D eigenvalue weighted by molar-refractivity contribution is 5.99. The summed E-state index contributed by atoms with van der Waals surface area (Å²) in [5, 5.41) is 14.0. The number of carbonyl (C=O) groups excluding carboxylic acids is 1. The molecule has 3 aromatic rings. The summed E-state index contributed by atoms with van der Waals surface area (Å²) in [5.41, 5.74) is -0.00742. The van der Waals surface area contributed by atoms with E-state index < -0.39 is 11.5 Å². The fourth-order valence-corrected chi connectivity index (χ4v) is 2.61. The van der Waals surface area contributed by atoms with Crippen molar-refractivity contribution in [3.63, 3.8) is 0 Å². The Balaban J connectivity index is 2.03. The normalized spacial score (nSPS) is 11.1. The lowest BCUT2D eigenvalue weighted by molar-refractivity contribution is -0.131. The lowest BCUT2D eigenvalue weighted by atomic mass is 9.85. The number of nitrogens with zero attached hydrogens (tertiary/aromatic N) is 1. The average Bonchev–Trinajstić information content (AvgIpc) is 2.62. The van der Waals surface area contributed by atoms with Crippen molar-refractivity contribution in [2.24, 2.45) is 0 Å². The number of pyridine rings is 1. The van der Waals surface area contributed by atoms with Crippen LogP contribution in [0.1, 0.15) is 16.8 Å². The topological polar surface area (TPSA) is 62.2 Å². The van der Waals surface area contributed by atoms with Crippen LogP contribution in [0, 0.1) is 6.92 Å². The summed E-state index contributed by atoms with van der Waals surface area (Å²) in [7, 11) is 0. The van der Waals surface area contributed by atoms with Gasteiger partial charge < -0.3 is 10.4 Å². The zero-order valence-electron chi connectivity index (χ0n) is 13.3. The Labute approximate surface area is 140 Å². The van der Waals surface area contributed by atoms with Crippen molar-refractivity contribution in [3.05, 3.63) is 95.7 Å². The van der Waals surface area contributed by atoms with Gasteiger partial charge in [0.2, 0.25) is 0 Å². The van der Waals surface area contributed by atoms with Gasteiger partial charge in [0.25, 0.3) is 5.91 Å². The number of anilines is 1. The van der Waals surface area contributed by atoms with Crippen LogP contribution in [0.2, 0.25) is 0 Å². The summed E-state index contributed by atoms with van der Waals surface area (Å²) < 4.78 is 0. The van der Waals surface area contributed by atoms with E-state index in [2.05, 4.69) is 10.3 Å². The van der Waals surface area contributed by atoms with Crippen molar-refractivity contribution >= 4 is 11.7 Å². The zero-order valence-corrected chi connectivity index (χ0v) is 13.3. The molecular formula is C20H18N2O2. The second-order valence-electron chi connectivity index (χ2n) is 5.56. The molecule has 24 heavy (non-hydrogen) atoms. The van der Waals surface area contributed by atoms with Gasteiger partial charge in [-0.05, 0) is 30.2 Å². The number of rotatable bonds is 4. The van der Waals surface area contributed by atoms with E-state index >= 15 is 0 Å². The van der Waals surface area contributed by atoms with E-state index in [4.69, 9.17) is 0 Å². The molecule has 0 aliphatic heterocycles. The standard InChI is InChI=1S/C20H18N2O2/c1-15-9-8-14-18(21-15)22-19(23)20(24,16-10-4-2-5-11-16)17-12-6-3-7-13-17/h2-14,24H,1H3,(H,21,22,23). The summed E-state index contributed by atoms with van der Waals surface area (Å²) in [6.45, 7) is 1.84. The van der Waals surface area contributed by atoms with Crippen molar-refractivity contribution in [1.82, 2.24) is 4.98 Å². The first-order valence-corrected chi connectivity index (χ1v) is 7.69. The van der Waals surface area contributed by atoms with Crippen LogP contribution >= 0.6 is 0 Å². The van der Waals surface area contributed by atoms with Crippen LogP contribution in [0.25, 0.3) is 0 Å². The van der Waals surface area contributed by atoms with Crippen LogP contribution in [0.15, 0.2) is 78.9 Å². The Bertz CT molecular complexity index is 793. The third-order valence-electron chi connectivity index (χ3n) is 3.84. The van der Waals surface area contributed by atoms with Crippen LogP contribution in [0.4, 0.5) is 5.82 Å². The molecule has 1 heterocycles. The van der Waals surface area contributed by atoms with Crippen LogP contribution < -0.4 is 5.32 Å². The van der Waals surface area contributed by atoms with Crippen molar-refractivity contribution in [2.45, 2.75) is 12.5 Å². The molecule has 4 nitrogen and oxygen atoms in total. The molecule has 1 amide bonds. The van der Waals surface area contributed by atoms with Crippen LogP contribution in [-0.2, 0) is 10.4 Å². The molecule has 0 bridgehead atoms. The van der Waals surface area contributed by atoms with Crippen LogP contribution in [0.3, 0.4) is 0 Å². The number of carbonyl (C=O) groups is 1. The monoisotopic (exact) mass is 318 g/mol. The summed E-state index contributed by atoms with van der Waals surface area (Å²) in [5.74, 6) is -0.136. The molecule has 2 N–H and O–H groups in total. The van der Waals surface area contributed by atoms with Gasteiger partial charge in [0.05, 0.1) is 0 Å². The minimum Gasteiger partial charge on any atom is -0.372 e. The first-order chi connectivity index (χ1) is 11.6. The minimum absolute atomic E-state index is 0.408. The third kappa shape index (κ3) is 3.05. The second-order valence-corrected chi connectivity index (χ2v) is 5.56. The summed E-state index contributed by atoms with van der Waals surface area (Å²) >= 11 is 0. The maximum atomic E-state index is 12.9. The van der Waals surface area contributed by atoms with Gasteiger partial charge in [-0.15, -0.1) is 0 Å².